The topological polar surface area (TPSA) is 88.5 Å². The highest BCUT2D eigenvalue weighted by atomic mass is 32.1. The highest BCUT2D eigenvalue weighted by Crippen LogP contribution is 2.24. The van der Waals surface area contributed by atoms with E-state index in [1.807, 2.05) is 19.2 Å². The number of nitrogens with one attached hydrogen (secondary N) is 1. The lowest BCUT2D eigenvalue weighted by molar-refractivity contribution is -0.151. The third-order valence-corrected chi connectivity index (χ3v) is 4.32. The van der Waals surface area contributed by atoms with Crippen LogP contribution in [0.5, 0.6) is 0 Å². The van der Waals surface area contributed by atoms with Gasteiger partial charge >= 0.3 is 5.97 Å². The molecule has 7 heteroatoms. The number of aliphatic carboxylic acids is 1. The van der Waals surface area contributed by atoms with Crippen molar-refractivity contribution in [2.45, 2.75) is 51.4 Å². The minimum Gasteiger partial charge on any atom is -0.479 e. The number of hydrogen-bond donors (Lipinski definition) is 2. The molecule has 20 heavy (non-hydrogen) atoms. The molecular weight excluding hydrogens is 280 g/mol. The van der Waals surface area contributed by atoms with E-state index in [1.54, 1.807) is 0 Å². The van der Waals surface area contributed by atoms with Gasteiger partial charge in [-0.3, -0.25) is 4.79 Å². The fourth-order valence-electron chi connectivity index (χ4n) is 2.15. The summed E-state index contributed by atoms with van der Waals surface area (Å²) in [6.07, 6.45) is 0.00365. The first kappa shape index (κ1) is 14.9. The van der Waals surface area contributed by atoms with E-state index in [-0.39, 0.29) is 11.9 Å². The number of thiazole rings is 1. The lowest BCUT2D eigenvalue weighted by Gasteiger charge is -2.17. The number of amides is 1. The Morgan fingerprint density at radius 3 is 2.75 bits per heavy atom. The minimum absolute atomic E-state index is 0.145. The summed E-state index contributed by atoms with van der Waals surface area (Å²) in [7, 11) is 0. The summed E-state index contributed by atoms with van der Waals surface area (Å²) in [6.45, 7) is 3.88. The van der Waals surface area contributed by atoms with Crippen molar-refractivity contribution in [2.24, 2.45) is 0 Å². The molecule has 0 spiro atoms. The first-order valence-electron chi connectivity index (χ1n) is 6.62. The molecule has 1 aromatic heterocycles. The van der Waals surface area contributed by atoms with Gasteiger partial charge in [-0.2, -0.15) is 0 Å². The Bertz CT molecular complexity index is 502. The Balaban J connectivity index is 1.95. The maximum absolute atomic E-state index is 12.1. The number of ether oxygens (including phenoxy) is 1. The summed E-state index contributed by atoms with van der Waals surface area (Å²) in [6, 6.07) is -0.145. The van der Waals surface area contributed by atoms with Crippen molar-refractivity contribution in [3.8, 4) is 0 Å². The molecule has 3 atom stereocenters. The molecule has 0 radical (unpaired) electrons. The maximum Gasteiger partial charge on any atom is 0.332 e. The average Bonchev–Trinajstić information content (AvgIpc) is 3.04. The molecule has 1 aromatic rings. The summed E-state index contributed by atoms with van der Waals surface area (Å²) in [5.74, 6) is -1.27. The molecule has 0 saturated carbocycles. The molecule has 110 valence electrons. The predicted octanol–water partition coefficient (Wildman–Crippen LogP) is 1.65. The fraction of sp³-hybridized carbons (Fsp3) is 0.615. The van der Waals surface area contributed by atoms with Gasteiger partial charge in [0, 0.05) is 11.1 Å². The zero-order valence-corrected chi connectivity index (χ0v) is 12.3. The van der Waals surface area contributed by atoms with Gasteiger partial charge in [0.1, 0.15) is 11.1 Å². The normalized spacial score (nSPS) is 23.5. The van der Waals surface area contributed by atoms with E-state index in [0.717, 1.165) is 17.1 Å². The van der Waals surface area contributed by atoms with Crippen LogP contribution >= 0.6 is 11.3 Å². The summed E-state index contributed by atoms with van der Waals surface area (Å²) in [4.78, 5) is 27.3. The van der Waals surface area contributed by atoms with Gasteiger partial charge in [-0.15, -0.1) is 11.3 Å². The number of nitrogens with zero attached hydrogens (tertiary/aromatic N) is 1. The van der Waals surface area contributed by atoms with E-state index in [0.29, 0.717) is 12.8 Å². The number of hydrogen-bond acceptors (Lipinski definition) is 5. The molecule has 6 nitrogen and oxygen atoms in total. The van der Waals surface area contributed by atoms with Gasteiger partial charge in [0.25, 0.3) is 0 Å². The number of aromatic nitrogens is 1. The van der Waals surface area contributed by atoms with Crippen molar-refractivity contribution in [1.29, 1.82) is 0 Å². The lowest BCUT2D eigenvalue weighted by atomic mass is 10.1. The molecule has 2 rings (SSSR count). The van der Waals surface area contributed by atoms with Gasteiger partial charge in [0.15, 0.2) is 6.10 Å². The zero-order valence-electron chi connectivity index (χ0n) is 11.5. The van der Waals surface area contributed by atoms with E-state index >= 15 is 0 Å². The Hall–Kier alpha value is -1.47. The highest BCUT2D eigenvalue weighted by Gasteiger charge is 2.35. The summed E-state index contributed by atoms with van der Waals surface area (Å²) in [5.41, 5.74) is 0.931. The number of carbonyl (C=O) groups is 2. The average molecular weight is 298 g/mol. The maximum atomic E-state index is 12.1. The Labute approximate surface area is 121 Å². The number of carboxylic acids is 1. The molecule has 2 N–H and O–H groups in total. The molecule has 1 saturated heterocycles. The van der Waals surface area contributed by atoms with E-state index in [4.69, 9.17) is 9.84 Å². The Morgan fingerprint density at radius 1 is 1.55 bits per heavy atom. The van der Waals surface area contributed by atoms with Crippen LogP contribution in [-0.2, 0) is 14.3 Å². The summed E-state index contributed by atoms with van der Waals surface area (Å²) >= 11 is 1.51. The van der Waals surface area contributed by atoms with E-state index < -0.39 is 18.2 Å². The second kappa shape index (κ2) is 6.32. The SMILES string of the molecule is CCC(NC(=O)[C@@H]1CC[C@H](C(=O)O)O1)c1nc(C)cs1. The molecule has 1 fully saturated rings. The molecule has 2 heterocycles. The van der Waals surface area contributed by atoms with Crippen molar-refractivity contribution in [1.82, 2.24) is 10.3 Å². The molecule has 0 bridgehead atoms. The molecule has 1 aliphatic heterocycles. The van der Waals surface area contributed by atoms with Gasteiger partial charge in [0.2, 0.25) is 5.91 Å². The lowest BCUT2D eigenvalue weighted by Crippen LogP contribution is -2.37. The van der Waals surface area contributed by atoms with Gasteiger partial charge < -0.3 is 15.2 Å². The Kier molecular flexibility index (Phi) is 4.72. The van der Waals surface area contributed by atoms with Crippen molar-refractivity contribution >= 4 is 23.2 Å². The van der Waals surface area contributed by atoms with E-state index in [1.165, 1.54) is 11.3 Å². The number of aryl methyl sites for hydroxylation is 1. The second-order valence-corrected chi connectivity index (χ2v) is 5.72. The summed E-state index contributed by atoms with van der Waals surface area (Å²) in [5, 5.41) is 14.6. The number of carbonyl (C=O) groups excluding carboxylic acids is 1. The molecule has 0 aliphatic carbocycles. The second-order valence-electron chi connectivity index (χ2n) is 4.83. The van der Waals surface area contributed by atoms with Crippen LogP contribution in [0.2, 0.25) is 0 Å². The molecule has 1 amide bonds. The first-order chi connectivity index (χ1) is 9.51. The Morgan fingerprint density at radius 2 is 2.25 bits per heavy atom. The highest BCUT2D eigenvalue weighted by molar-refractivity contribution is 7.09. The van der Waals surface area contributed by atoms with Crippen molar-refractivity contribution in [3.05, 3.63) is 16.1 Å². The predicted molar refractivity (Wildman–Crippen MR) is 73.6 cm³/mol. The van der Waals surface area contributed by atoms with E-state index in [9.17, 15) is 9.59 Å². The van der Waals surface area contributed by atoms with E-state index in [2.05, 4.69) is 10.3 Å². The molecule has 0 aromatic carbocycles. The molecular formula is C13H18N2O4S. The third kappa shape index (κ3) is 3.34. The van der Waals surface area contributed by atoms with Gasteiger partial charge in [0.05, 0.1) is 6.04 Å². The van der Waals surface area contributed by atoms with Crippen LogP contribution in [0.15, 0.2) is 5.38 Å². The summed E-state index contributed by atoms with van der Waals surface area (Å²) < 4.78 is 5.24. The minimum atomic E-state index is -1.01. The zero-order chi connectivity index (χ0) is 14.7. The number of carboxylic acid groups (broad SMARTS) is 1. The van der Waals surface area contributed by atoms with Crippen LogP contribution in [0.4, 0.5) is 0 Å². The monoisotopic (exact) mass is 298 g/mol. The quantitative estimate of drug-likeness (QED) is 0.863. The van der Waals surface area contributed by atoms with Gasteiger partial charge in [-0.1, -0.05) is 6.92 Å². The molecule has 1 aliphatic rings. The third-order valence-electron chi connectivity index (χ3n) is 3.25. The van der Waals surface area contributed by atoms with Crippen LogP contribution in [0, 0.1) is 6.92 Å². The standard InChI is InChI=1S/C13H18N2O4S/c1-3-8(12-14-7(2)6-20-12)15-11(16)9-4-5-10(19-9)13(17)18/h6,8-10H,3-5H2,1-2H3,(H,15,16)(H,17,18)/t8?,9-,10+/m0/s1. The van der Waals surface area contributed by atoms with Crippen LogP contribution < -0.4 is 5.32 Å². The first-order valence-corrected chi connectivity index (χ1v) is 7.50. The van der Waals surface area contributed by atoms with Crippen LogP contribution in [0.1, 0.15) is 42.9 Å². The van der Waals surface area contributed by atoms with Crippen molar-refractivity contribution < 1.29 is 19.4 Å². The van der Waals surface area contributed by atoms with Crippen LogP contribution in [-0.4, -0.2) is 34.2 Å². The van der Waals surface area contributed by atoms with Gasteiger partial charge in [-0.25, -0.2) is 9.78 Å². The van der Waals surface area contributed by atoms with Gasteiger partial charge in [-0.05, 0) is 26.2 Å². The smallest absolute Gasteiger partial charge is 0.332 e. The van der Waals surface area contributed by atoms with Crippen LogP contribution in [0.3, 0.4) is 0 Å². The van der Waals surface area contributed by atoms with Crippen molar-refractivity contribution in [3.63, 3.8) is 0 Å². The van der Waals surface area contributed by atoms with Crippen molar-refractivity contribution in [2.75, 3.05) is 0 Å². The number of rotatable bonds is 5. The fourth-order valence-corrected chi connectivity index (χ4v) is 3.08. The van der Waals surface area contributed by atoms with Crippen LogP contribution in [0.25, 0.3) is 0 Å². The molecule has 1 unspecified atom stereocenters. The largest absolute Gasteiger partial charge is 0.479 e.